The van der Waals surface area contributed by atoms with E-state index in [9.17, 15) is 9.18 Å². The summed E-state index contributed by atoms with van der Waals surface area (Å²) in [6.07, 6.45) is 0.694. The molecule has 0 aliphatic carbocycles. The maximum absolute atomic E-state index is 13.1. The Kier molecular flexibility index (Phi) is 7.90. The summed E-state index contributed by atoms with van der Waals surface area (Å²) in [5.41, 5.74) is 1.26. The normalized spacial score (nSPS) is 17.3. The van der Waals surface area contributed by atoms with Crippen LogP contribution >= 0.6 is 11.6 Å². The molecule has 2 aromatic carbocycles. The number of ether oxygens (including phenoxy) is 4. The number of carbonyl (C=O) groups is 1. The molecule has 3 rings (SSSR count). The van der Waals surface area contributed by atoms with Crippen molar-refractivity contribution in [1.82, 2.24) is 4.90 Å². The molecule has 1 heterocycles. The lowest BCUT2D eigenvalue weighted by Crippen LogP contribution is -2.35. The van der Waals surface area contributed by atoms with Crippen LogP contribution in [0.5, 0.6) is 11.5 Å². The SMILES string of the molecule is COC(=O)c1cc(Cl)c(OC)cc1OCC1CN(Cc2ccc(F)cc2)CCCO1. The Balaban J connectivity index is 1.68. The smallest absolute Gasteiger partial charge is 0.341 e. The summed E-state index contributed by atoms with van der Waals surface area (Å²) in [6, 6.07) is 9.54. The van der Waals surface area contributed by atoms with Gasteiger partial charge in [-0.25, -0.2) is 9.18 Å². The Morgan fingerprint density at radius 2 is 2.00 bits per heavy atom. The minimum Gasteiger partial charge on any atom is -0.495 e. The molecule has 0 bridgehead atoms. The van der Waals surface area contributed by atoms with E-state index in [1.165, 1.54) is 32.4 Å². The molecule has 30 heavy (non-hydrogen) atoms. The molecule has 162 valence electrons. The third-order valence-electron chi connectivity index (χ3n) is 4.84. The topological polar surface area (TPSA) is 57.2 Å². The highest BCUT2D eigenvalue weighted by atomic mass is 35.5. The van der Waals surface area contributed by atoms with E-state index < -0.39 is 5.97 Å². The molecule has 1 fully saturated rings. The van der Waals surface area contributed by atoms with Gasteiger partial charge in [0.1, 0.15) is 35.6 Å². The lowest BCUT2D eigenvalue weighted by atomic mass is 10.2. The van der Waals surface area contributed by atoms with Crippen molar-refractivity contribution in [3.8, 4) is 11.5 Å². The summed E-state index contributed by atoms with van der Waals surface area (Å²) in [6.45, 7) is 3.07. The van der Waals surface area contributed by atoms with Crippen LogP contribution in [0.15, 0.2) is 36.4 Å². The van der Waals surface area contributed by atoms with E-state index in [2.05, 4.69) is 4.90 Å². The fourth-order valence-electron chi connectivity index (χ4n) is 3.33. The van der Waals surface area contributed by atoms with Crippen molar-refractivity contribution in [2.24, 2.45) is 0 Å². The molecule has 8 heteroatoms. The Labute approximate surface area is 180 Å². The maximum Gasteiger partial charge on any atom is 0.341 e. The summed E-state index contributed by atoms with van der Waals surface area (Å²) in [5, 5.41) is 0.293. The fourth-order valence-corrected chi connectivity index (χ4v) is 3.57. The molecule has 0 N–H and O–H groups in total. The van der Waals surface area contributed by atoms with Crippen LogP contribution in [-0.4, -0.2) is 57.5 Å². The highest BCUT2D eigenvalue weighted by Gasteiger charge is 2.22. The molecule has 6 nitrogen and oxygen atoms in total. The van der Waals surface area contributed by atoms with Crippen molar-refractivity contribution >= 4 is 17.6 Å². The molecule has 0 amide bonds. The standard InChI is InChI=1S/C22H25ClFNO5/c1-27-21-11-20(18(10-19(21)23)22(26)28-2)30-14-17-13-25(8-3-9-29-17)12-15-4-6-16(24)7-5-15/h4-7,10-11,17H,3,8-9,12-14H2,1-2H3. The van der Waals surface area contributed by atoms with Gasteiger partial charge in [0.25, 0.3) is 0 Å². The van der Waals surface area contributed by atoms with Gasteiger partial charge < -0.3 is 18.9 Å². The third kappa shape index (κ3) is 5.84. The average molecular weight is 438 g/mol. The molecule has 0 saturated carbocycles. The van der Waals surface area contributed by atoms with E-state index in [0.717, 1.165) is 18.5 Å². The molecule has 1 saturated heterocycles. The third-order valence-corrected chi connectivity index (χ3v) is 5.13. The first-order valence-electron chi connectivity index (χ1n) is 9.67. The van der Waals surface area contributed by atoms with E-state index in [0.29, 0.717) is 36.2 Å². The van der Waals surface area contributed by atoms with Gasteiger partial charge >= 0.3 is 5.97 Å². The summed E-state index contributed by atoms with van der Waals surface area (Å²) < 4.78 is 35.0. The van der Waals surface area contributed by atoms with Crippen LogP contribution in [-0.2, 0) is 16.0 Å². The van der Waals surface area contributed by atoms with Crippen molar-refractivity contribution in [3.63, 3.8) is 0 Å². The van der Waals surface area contributed by atoms with Crippen molar-refractivity contribution in [2.45, 2.75) is 19.1 Å². The Bertz CT molecular complexity index is 861. The van der Waals surface area contributed by atoms with Crippen LogP contribution in [0.3, 0.4) is 0 Å². The second-order valence-corrected chi connectivity index (χ2v) is 7.40. The van der Waals surface area contributed by atoms with Crippen molar-refractivity contribution in [2.75, 3.05) is 40.5 Å². The van der Waals surface area contributed by atoms with Gasteiger partial charge in [-0.05, 0) is 30.2 Å². The first-order chi connectivity index (χ1) is 14.5. The Morgan fingerprint density at radius 3 is 2.70 bits per heavy atom. The number of esters is 1. The van der Waals surface area contributed by atoms with Crippen LogP contribution in [0.25, 0.3) is 0 Å². The Morgan fingerprint density at radius 1 is 1.23 bits per heavy atom. The molecule has 1 aliphatic rings. The zero-order chi connectivity index (χ0) is 21.5. The summed E-state index contributed by atoms with van der Waals surface area (Å²) >= 11 is 6.14. The molecule has 1 aliphatic heterocycles. The van der Waals surface area contributed by atoms with Gasteiger partial charge in [0, 0.05) is 32.3 Å². The zero-order valence-electron chi connectivity index (χ0n) is 17.0. The monoisotopic (exact) mass is 437 g/mol. The van der Waals surface area contributed by atoms with Crippen LogP contribution < -0.4 is 9.47 Å². The number of hydrogen-bond donors (Lipinski definition) is 0. The largest absolute Gasteiger partial charge is 0.495 e. The van der Waals surface area contributed by atoms with Gasteiger partial charge in [-0.2, -0.15) is 0 Å². The van der Waals surface area contributed by atoms with Gasteiger partial charge in [0.05, 0.1) is 19.2 Å². The molecule has 1 atom stereocenters. The molecule has 1 unspecified atom stereocenters. The minimum absolute atomic E-state index is 0.194. The summed E-state index contributed by atoms with van der Waals surface area (Å²) in [5.74, 6) is -0.0709. The predicted molar refractivity (Wildman–Crippen MR) is 111 cm³/mol. The van der Waals surface area contributed by atoms with Crippen molar-refractivity contribution in [1.29, 1.82) is 0 Å². The van der Waals surface area contributed by atoms with Crippen LogP contribution in [0.2, 0.25) is 5.02 Å². The van der Waals surface area contributed by atoms with Crippen molar-refractivity contribution < 1.29 is 28.1 Å². The molecular weight excluding hydrogens is 413 g/mol. The number of benzene rings is 2. The zero-order valence-corrected chi connectivity index (χ0v) is 17.8. The first kappa shape index (κ1) is 22.3. The Hall–Kier alpha value is -2.35. The summed E-state index contributed by atoms with van der Waals surface area (Å²) in [7, 11) is 2.79. The highest BCUT2D eigenvalue weighted by molar-refractivity contribution is 6.32. The fraction of sp³-hybridized carbons (Fsp3) is 0.409. The van der Waals surface area contributed by atoms with E-state index in [4.69, 9.17) is 30.5 Å². The second kappa shape index (κ2) is 10.6. The predicted octanol–water partition coefficient (Wildman–Crippen LogP) is 3.94. The van der Waals surface area contributed by atoms with Gasteiger partial charge in [-0.15, -0.1) is 0 Å². The van der Waals surface area contributed by atoms with E-state index in [-0.39, 0.29) is 24.1 Å². The van der Waals surface area contributed by atoms with Crippen LogP contribution in [0.1, 0.15) is 22.3 Å². The lowest BCUT2D eigenvalue weighted by molar-refractivity contribution is 0.0194. The molecular formula is C22H25ClFNO5. The number of methoxy groups -OCH3 is 2. The van der Waals surface area contributed by atoms with E-state index in [1.54, 1.807) is 18.2 Å². The number of halogens is 2. The minimum atomic E-state index is -0.547. The number of rotatable bonds is 7. The van der Waals surface area contributed by atoms with Gasteiger partial charge in [-0.1, -0.05) is 23.7 Å². The maximum atomic E-state index is 13.1. The van der Waals surface area contributed by atoms with Gasteiger partial charge in [-0.3, -0.25) is 4.90 Å². The van der Waals surface area contributed by atoms with Crippen molar-refractivity contribution in [3.05, 3.63) is 58.4 Å². The number of carbonyl (C=O) groups excluding carboxylic acids is 1. The lowest BCUT2D eigenvalue weighted by Gasteiger charge is -2.24. The van der Waals surface area contributed by atoms with Crippen LogP contribution in [0.4, 0.5) is 4.39 Å². The first-order valence-corrected chi connectivity index (χ1v) is 10.0. The molecule has 0 aromatic heterocycles. The summed E-state index contributed by atoms with van der Waals surface area (Å²) in [4.78, 5) is 14.4. The molecule has 0 spiro atoms. The van der Waals surface area contributed by atoms with E-state index >= 15 is 0 Å². The van der Waals surface area contributed by atoms with Crippen LogP contribution in [0, 0.1) is 5.82 Å². The van der Waals surface area contributed by atoms with Gasteiger partial charge in [0.2, 0.25) is 0 Å². The quantitative estimate of drug-likeness (QED) is 0.611. The number of hydrogen-bond acceptors (Lipinski definition) is 6. The van der Waals surface area contributed by atoms with E-state index in [1.807, 2.05) is 0 Å². The highest BCUT2D eigenvalue weighted by Crippen LogP contribution is 2.33. The number of nitrogens with zero attached hydrogens (tertiary/aromatic N) is 1. The molecule has 2 aromatic rings. The molecule has 0 radical (unpaired) electrons. The van der Waals surface area contributed by atoms with Gasteiger partial charge in [0.15, 0.2) is 0 Å². The average Bonchev–Trinajstić information content (AvgIpc) is 2.98. The second-order valence-electron chi connectivity index (χ2n) is 6.99.